The Morgan fingerprint density at radius 1 is 1.38 bits per heavy atom. The first-order valence-corrected chi connectivity index (χ1v) is 3.93. The lowest BCUT2D eigenvalue weighted by atomic mass is 10.1. The molecule has 0 bridgehead atoms. The molecule has 68 valence electrons. The summed E-state index contributed by atoms with van der Waals surface area (Å²) in [6.07, 6.45) is 0. The second-order valence-corrected chi connectivity index (χ2v) is 2.97. The first kappa shape index (κ1) is 8.10. The third-order valence-electron chi connectivity index (χ3n) is 1.92. The molecule has 0 saturated carbocycles. The van der Waals surface area contributed by atoms with Gasteiger partial charge in [-0.1, -0.05) is 6.58 Å². The number of ether oxygens (including phenoxy) is 2. The maximum Gasteiger partial charge on any atom is 0.231 e. The van der Waals surface area contributed by atoms with Gasteiger partial charge in [-0.25, -0.2) is 4.39 Å². The minimum atomic E-state index is -0.322. The topological polar surface area (TPSA) is 18.5 Å². The zero-order valence-electron chi connectivity index (χ0n) is 7.26. The van der Waals surface area contributed by atoms with Crippen LogP contribution in [0.15, 0.2) is 18.7 Å². The van der Waals surface area contributed by atoms with E-state index < -0.39 is 0 Å². The molecular weight excluding hydrogens is 171 g/mol. The Bertz CT molecular complexity index is 371. The van der Waals surface area contributed by atoms with Crippen LogP contribution in [-0.4, -0.2) is 6.79 Å². The van der Waals surface area contributed by atoms with Gasteiger partial charge >= 0.3 is 0 Å². The van der Waals surface area contributed by atoms with E-state index in [0.717, 1.165) is 0 Å². The quantitative estimate of drug-likeness (QED) is 0.661. The SMILES string of the molecule is C=C(C)c1cc2c(cc1F)OCO2. The van der Waals surface area contributed by atoms with E-state index in [2.05, 4.69) is 6.58 Å². The molecule has 0 aliphatic carbocycles. The summed E-state index contributed by atoms with van der Waals surface area (Å²) in [6, 6.07) is 2.94. The lowest BCUT2D eigenvalue weighted by Gasteiger charge is -2.03. The molecule has 1 aromatic carbocycles. The van der Waals surface area contributed by atoms with Crippen molar-refractivity contribution < 1.29 is 13.9 Å². The van der Waals surface area contributed by atoms with Crippen LogP contribution in [0.1, 0.15) is 12.5 Å². The molecule has 0 unspecified atom stereocenters. The average molecular weight is 180 g/mol. The fraction of sp³-hybridized carbons (Fsp3) is 0.200. The fourth-order valence-corrected chi connectivity index (χ4v) is 1.24. The molecule has 1 aliphatic rings. The van der Waals surface area contributed by atoms with Gasteiger partial charge in [0.05, 0.1) is 0 Å². The van der Waals surface area contributed by atoms with Gasteiger partial charge in [0.1, 0.15) is 5.82 Å². The number of halogens is 1. The highest BCUT2D eigenvalue weighted by Crippen LogP contribution is 2.35. The second kappa shape index (κ2) is 2.76. The average Bonchev–Trinajstić information content (AvgIpc) is 2.48. The molecule has 0 aromatic heterocycles. The fourth-order valence-electron chi connectivity index (χ4n) is 1.24. The number of hydrogen-bond acceptors (Lipinski definition) is 2. The smallest absolute Gasteiger partial charge is 0.231 e. The Labute approximate surface area is 75.6 Å². The van der Waals surface area contributed by atoms with Crippen LogP contribution in [0.3, 0.4) is 0 Å². The number of allylic oxidation sites excluding steroid dienone is 1. The van der Waals surface area contributed by atoms with Crippen molar-refractivity contribution in [3.63, 3.8) is 0 Å². The van der Waals surface area contributed by atoms with E-state index in [1.807, 2.05) is 0 Å². The van der Waals surface area contributed by atoms with Crippen LogP contribution in [-0.2, 0) is 0 Å². The first-order chi connectivity index (χ1) is 6.18. The molecule has 0 spiro atoms. The molecule has 2 nitrogen and oxygen atoms in total. The molecule has 0 atom stereocenters. The highest BCUT2D eigenvalue weighted by Gasteiger charge is 2.17. The minimum Gasteiger partial charge on any atom is -0.454 e. The number of rotatable bonds is 1. The van der Waals surface area contributed by atoms with Crippen molar-refractivity contribution in [3.05, 3.63) is 30.1 Å². The summed E-state index contributed by atoms with van der Waals surface area (Å²) < 4.78 is 23.4. The van der Waals surface area contributed by atoms with E-state index in [1.54, 1.807) is 13.0 Å². The molecule has 0 N–H and O–H groups in total. The Balaban J connectivity index is 2.55. The van der Waals surface area contributed by atoms with Gasteiger partial charge in [0.15, 0.2) is 11.5 Å². The van der Waals surface area contributed by atoms with Gasteiger partial charge in [0.25, 0.3) is 0 Å². The molecule has 1 aromatic rings. The van der Waals surface area contributed by atoms with Crippen molar-refractivity contribution >= 4 is 5.57 Å². The van der Waals surface area contributed by atoms with Crippen LogP contribution in [0.4, 0.5) is 4.39 Å². The van der Waals surface area contributed by atoms with Gasteiger partial charge in [-0.15, -0.1) is 0 Å². The predicted octanol–water partition coefficient (Wildman–Crippen LogP) is 2.59. The molecule has 2 rings (SSSR count). The van der Waals surface area contributed by atoms with Crippen molar-refractivity contribution in [2.45, 2.75) is 6.92 Å². The summed E-state index contributed by atoms with van der Waals surface area (Å²) >= 11 is 0. The van der Waals surface area contributed by atoms with Crippen molar-refractivity contribution in [2.75, 3.05) is 6.79 Å². The molecule has 0 radical (unpaired) electrons. The molecule has 0 amide bonds. The van der Waals surface area contributed by atoms with Crippen LogP contribution < -0.4 is 9.47 Å². The Hall–Kier alpha value is -1.51. The van der Waals surface area contributed by atoms with Crippen LogP contribution >= 0.6 is 0 Å². The molecule has 0 saturated heterocycles. The summed E-state index contributed by atoms with van der Waals surface area (Å²) in [5.41, 5.74) is 1.15. The summed E-state index contributed by atoms with van der Waals surface area (Å²) in [6.45, 7) is 5.59. The van der Waals surface area contributed by atoms with Crippen LogP contribution in [0.5, 0.6) is 11.5 Å². The predicted molar refractivity (Wildman–Crippen MR) is 47.2 cm³/mol. The summed E-state index contributed by atoms with van der Waals surface area (Å²) in [7, 11) is 0. The Morgan fingerprint density at radius 2 is 2.00 bits per heavy atom. The maximum absolute atomic E-state index is 13.3. The normalized spacial score (nSPS) is 13.1. The number of benzene rings is 1. The lowest BCUT2D eigenvalue weighted by Crippen LogP contribution is -1.92. The van der Waals surface area contributed by atoms with Crippen molar-refractivity contribution in [3.8, 4) is 11.5 Å². The third kappa shape index (κ3) is 1.26. The summed E-state index contributed by atoms with van der Waals surface area (Å²) in [4.78, 5) is 0. The highest BCUT2D eigenvalue weighted by atomic mass is 19.1. The van der Waals surface area contributed by atoms with Gasteiger partial charge < -0.3 is 9.47 Å². The Morgan fingerprint density at radius 3 is 2.62 bits per heavy atom. The largest absolute Gasteiger partial charge is 0.454 e. The van der Waals surface area contributed by atoms with Crippen LogP contribution in [0.2, 0.25) is 0 Å². The third-order valence-corrected chi connectivity index (χ3v) is 1.92. The Kier molecular flexibility index (Phi) is 1.72. The van der Waals surface area contributed by atoms with E-state index in [4.69, 9.17) is 9.47 Å². The molecule has 3 heteroatoms. The van der Waals surface area contributed by atoms with E-state index >= 15 is 0 Å². The maximum atomic E-state index is 13.3. The van der Waals surface area contributed by atoms with E-state index in [9.17, 15) is 4.39 Å². The standard InChI is InChI=1S/C10H9FO2/c1-6(2)7-3-9-10(4-8(7)11)13-5-12-9/h3-4H,1,5H2,2H3. The highest BCUT2D eigenvalue weighted by molar-refractivity contribution is 5.65. The van der Waals surface area contributed by atoms with Crippen molar-refractivity contribution in [1.82, 2.24) is 0 Å². The zero-order valence-corrected chi connectivity index (χ0v) is 7.26. The van der Waals surface area contributed by atoms with Gasteiger partial charge in [0.2, 0.25) is 6.79 Å². The van der Waals surface area contributed by atoms with Crippen molar-refractivity contribution in [1.29, 1.82) is 0 Å². The van der Waals surface area contributed by atoms with E-state index in [1.165, 1.54) is 6.07 Å². The number of hydrogen-bond donors (Lipinski definition) is 0. The monoisotopic (exact) mass is 180 g/mol. The van der Waals surface area contributed by atoms with Gasteiger partial charge in [0, 0.05) is 11.6 Å². The zero-order chi connectivity index (χ0) is 9.42. The van der Waals surface area contributed by atoms with Crippen LogP contribution in [0.25, 0.3) is 5.57 Å². The first-order valence-electron chi connectivity index (χ1n) is 3.93. The van der Waals surface area contributed by atoms with Gasteiger partial charge in [-0.2, -0.15) is 0 Å². The molecular formula is C10H9FO2. The van der Waals surface area contributed by atoms with Crippen molar-refractivity contribution in [2.24, 2.45) is 0 Å². The molecule has 1 heterocycles. The number of fused-ring (bicyclic) bond motifs is 1. The summed E-state index contributed by atoms with van der Waals surface area (Å²) in [5.74, 6) is 0.721. The minimum absolute atomic E-state index is 0.161. The van der Waals surface area contributed by atoms with E-state index in [-0.39, 0.29) is 12.6 Å². The van der Waals surface area contributed by atoms with Gasteiger partial charge in [-0.05, 0) is 18.6 Å². The van der Waals surface area contributed by atoms with E-state index in [0.29, 0.717) is 22.6 Å². The molecule has 0 fully saturated rings. The second-order valence-electron chi connectivity index (χ2n) is 2.97. The lowest BCUT2D eigenvalue weighted by molar-refractivity contribution is 0.174. The summed E-state index contributed by atoms with van der Waals surface area (Å²) in [5, 5.41) is 0. The van der Waals surface area contributed by atoms with Crippen LogP contribution in [0, 0.1) is 5.82 Å². The molecule has 1 aliphatic heterocycles. The van der Waals surface area contributed by atoms with Gasteiger partial charge in [-0.3, -0.25) is 0 Å². The molecule has 13 heavy (non-hydrogen) atoms.